The molecule has 130 valence electrons. The predicted molar refractivity (Wildman–Crippen MR) is 94.8 cm³/mol. The number of aromatic nitrogens is 1. The van der Waals surface area contributed by atoms with E-state index in [0.29, 0.717) is 5.56 Å². The van der Waals surface area contributed by atoms with E-state index in [2.05, 4.69) is 0 Å². The lowest BCUT2D eigenvalue weighted by Gasteiger charge is -2.10. The predicted octanol–water partition coefficient (Wildman–Crippen LogP) is 2.31. The molecule has 0 fully saturated rings. The van der Waals surface area contributed by atoms with Crippen LogP contribution in [0.4, 0.5) is 0 Å². The zero-order valence-electron chi connectivity index (χ0n) is 13.3. The van der Waals surface area contributed by atoms with Crippen LogP contribution >= 0.6 is 12.4 Å². The summed E-state index contributed by atoms with van der Waals surface area (Å²) in [7, 11) is 0.202. The molecule has 6 nitrogen and oxygen atoms in total. The van der Waals surface area contributed by atoms with Crippen LogP contribution in [0.5, 0.6) is 0 Å². The molecule has 2 rings (SSSR count). The highest BCUT2D eigenvalue weighted by atomic mass is 35.5. The number of carboxylic acids is 1. The summed E-state index contributed by atoms with van der Waals surface area (Å²) in [5, 5.41) is 8.59. The molecule has 1 aromatic heterocycles. The van der Waals surface area contributed by atoms with E-state index in [0.717, 1.165) is 22.2 Å². The van der Waals surface area contributed by atoms with Crippen LogP contribution in [0.15, 0.2) is 53.7 Å². The molecular formula is C16H19ClN2O4S. The largest absolute Gasteiger partial charge is 0.478 e. The van der Waals surface area contributed by atoms with Gasteiger partial charge in [0.05, 0.1) is 4.90 Å². The number of carbonyl (C=O) groups is 1. The third-order valence-electron chi connectivity index (χ3n) is 3.11. The second-order valence-corrected chi connectivity index (χ2v) is 7.18. The summed E-state index contributed by atoms with van der Waals surface area (Å²) in [6.45, 7) is 0.730. The zero-order chi connectivity index (χ0) is 17.0. The monoisotopic (exact) mass is 370 g/mol. The highest BCUT2D eigenvalue weighted by Gasteiger charge is 2.16. The van der Waals surface area contributed by atoms with Crippen LogP contribution in [-0.4, -0.2) is 42.5 Å². The van der Waals surface area contributed by atoms with Crippen LogP contribution in [0.3, 0.4) is 0 Å². The highest BCUT2D eigenvalue weighted by Crippen LogP contribution is 2.17. The minimum atomic E-state index is -3.68. The molecule has 0 radical (unpaired) electrons. The van der Waals surface area contributed by atoms with Gasteiger partial charge in [0.1, 0.15) is 0 Å². The van der Waals surface area contributed by atoms with Gasteiger partial charge < -0.3 is 10.0 Å². The minimum absolute atomic E-state index is 0. The zero-order valence-corrected chi connectivity index (χ0v) is 14.9. The van der Waals surface area contributed by atoms with Gasteiger partial charge in [0.2, 0.25) is 0 Å². The van der Waals surface area contributed by atoms with Crippen LogP contribution in [0.25, 0.3) is 6.08 Å². The third kappa shape index (κ3) is 4.95. The molecule has 0 bridgehead atoms. The van der Waals surface area contributed by atoms with Crippen LogP contribution in [0.1, 0.15) is 11.1 Å². The van der Waals surface area contributed by atoms with Crippen LogP contribution in [0.2, 0.25) is 0 Å². The molecule has 1 aromatic carbocycles. The normalized spacial score (nSPS) is 11.6. The van der Waals surface area contributed by atoms with E-state index in [9.17, 15) is 13.2 Å². The van der Waals surface area contributed by atoms with Crippen molar-refractivity contribution in [1.82, 2.24) is 8.87 Å². The number of carboxylic acid groups (broad SMARTS) is 1. The minimum Gasteiger partial charge on any atom is -0.478 e. The van der Waals surface area contributed by atoms with E-state index in [1.54, 1.807) is 24.3 Å². The van der Waals surface area contributed by atoms with E-state index >= 15 is 0 Å². The summed E-state index contributed by atoms with van der Waals surface area (Å²) in [5.74, 6) is -1.09. The van der Waals surface area contributed by atoms with Gasteiger partial charge in [-0.15, -0.1) is 12.4 Å². The smallest absolute Gasteiger partial charge is 0.328 e. The Bertz CT molecular complexity index is 824. The molecule has 0 aliphatic heterocycles. The Morgan fingerprint density at radius 2 is 1.83 bits per heavy atom. The Morgan fingerprint density at radius 3 is 2.38 bits per heavy atom. The van der Waals surface area contributed by atoms with Gasteiger partial charge in [-0.05, 0) is 49.5 Å². The Kier molecular flexibility index (Phi) is 6.77. The molecule has 0 saturated carbocycles. The van der Waals surface area contributed by atoms with Gasteiger partial charge in [-0.2, -0.15) is 0 Å². The Labute approximate surface area is 147 Å². The van der Waals surface area contributed by atoms with E-state index in [4.69, 9.17) is 5.11 Å². The molecule has 0 spiro atoms. The van der Waals surface area contributed by atoms with Gasteiger partial charge in [-0.1, -0.05) is 12.1 Å². The molecule has 0 atom stereocenters. The lowest BCUT2D eigenvalue weighted by atomic mass is 10.2. The number of halogens is 1. The molecule has 0 saturated heterocycles. The van der Waals surface area contributed by atoms with Crippen molar-refractivity contribution in [3.05, 3.63) is 59.9 Å². The van der Waals surface area contributed by atoms with E-state index < -0.39 is 16.0 Å². The Morgan fingerprint density at radius 1 is 1.21 bits per heavy atom. The standard InChI is InChI=1S/C16H18N2O4S.ClH/c1-17(2)11-13-3-6-15(7-4-13)23(21,22)18-10-9-14(12-18)5-8-16(19)20;/h3-10,12H,11H2,1-2H3,(H,19,20);1H. The topological polar surface area (TPSA) is 79.6 Å². The van der Waals surface area contributed by atoms with Crippen molar-refractivity contribution in [3.8, 4) is 0 Å². The fraction of sp³-hybridized carbons (Fsp3) is 0.188. The molecule has 8 heteroatoms. The van der Waals surface area contributed by atoms with Crippen LogP contribution in [0, 0.1) is 0 Å². The summed E-state index contributed by atoms with van der Waals surface area (Å²) in [6, 6.07) is 8.24. The molecule has 24 heavy (non-hydrogen) atoms. The first-order valence-corrected chi connectivity index (χ1v) is 8.31. The van der Waals surface area contributed by atoms with Crippen molar-refractivity contribution in [2.75, 3.05) is 14.1 Å². The fourth-order valence-electron chi connectivity index (χ4n) is 2.06. The second kappa shape index (κ2) is 8.14. The SMILES string of the molecule is CN(C)Cc1ccc(S(=O)(=O)n2ccc(C=CC(=O)O)c2)cc1.Cl. The van der Waals surface area contributed by atoms with Crippen molar-refractivity contribution in [2.24, 2.45) is 0 Å². The first-order valence-electron chi connectivity index (χ1n) is 6.87. The summed E-state index contributed by atoms with van der Waals surface area (Å²) >= 11 is 0. The summed E-state index contributed by atoms with van der Waals surface area (Å²) < 4.78 is 26.1. The van der Waals surface area contributed by atoms with Crippen molar-refractivity contribution >= 4 is 34.5 Å². The lowest BCUT2D eigenvalue weighted by molar-refractivity contribution is -0.131. The number of benzene rings is 1. The summed E-state index contributed by atoms with van der Waals surface area (Å²) in [4.78, 5) is 12.7. The fourth-order valence-corrected chi connectivity index (χ4v) is 3.27. The molecule has 0 unspecified atom stereocenters. The number of aliphatic carboxylic acids is 1. The number of rotatable bonds is 6. The number of nitrogens with zero attached hydrogens (tertiary/aromatic N) is 2. The van der Waals surface area contributed by atoms with Crippen molar-refractivity contribution in [3.63, 3.8) is 0 Å². The molecule has 0 amide bonds. The molecule has 0 aliphatic rings. The summed E-state index contributed by atoms with van der Waals surface area (Å²) in [6.07, 6.45) is 5.07. The van der Waals surface area contributed by atoms with Gasteiger partial charge in [0, 0.05) is 25.0 Å². The Hall–Kier alpha value is -2.09. The third-order valence-corrected chi connectivity index (χ3v) is 4.76. The lowest BCUT2D eigenvalue weighted by Crippen LogP contribution is -2.12. The molecule has 1 N–H and O–H groups in total. The van der Waals surface area contributed by atoms with Crippen LogP contribution < -0.4 is 0 Å². The highest BCUT2D eigenvalue weighted by molar-refractivity contribution is 7.90. The maximum Gasteiger partial charge on any atom is 0.328 e. The van der Waals surface area contributed by atoms with Gasteiger partial charge in [0.15, 0.2) is 0 Å². The van der Waals surface area contributed by atoms with Gasteiger partial charge in [0.25, 0.3) is 10.0 Å². The molecule has 0 aliphatic carbocycles. The Balaban J connectivity index is 0.00000288. The van der Waals surface area contributed by atoms with Crippen molar-refractivity contribution in [1.29, 1.82) is 0 Å². The van der Waals surface area contributed by atoms with Crippen molar-refractivity contribution in [2.45, 2.75) is 11.4 Å². The average molecular weight is 371 g/mol. The van der Waals surface area contributed by atoms with Gasteiger partial charge in [-0.25, -0.2) is 17.2 Å². The van der Waals surface area contributed by atoms with E-state index in [-0.39, 0.29) is 17.3 Å². The van der Waals surface area contributed by atoms with E-state index in [1.807, 2.05) is 19.0 Å². The quantitative estimate of drug-likeness (QED) is 0.789. The first-order chi connectivity index (χ1) is 10.8. The molecule has 1 heterocycles. The van der Waals surface area contributed by atoms with Crippen LogP contribution in [-0.2, 0) is 21.4 Å². The summed E-state index contributed by atoms with van der Waals surface area (Å²) in [5.41, 5.74) is 1.52. The maximum atomic E-state index is 12.5. The molecular weight excluding hydrogens is 352 g/mol. The van der Waals surface area contributed by atoms with Gasteiger partial charge in [-0.3, -0.25) is 0 Å². The first kappa shape index (κ1) is 20.0. The number of hydrogen-bond acceptors (Lipinski definition) is 4. The second-order valence-electron chi connectivity index (χ2n) is 5.33. The van der Waals surface area contributed by atoms with E-state index in [1.165, 1.54) is 24.5 Å². The molecule has 2 aromatic rings. The van der Waals surface area contributed by atoms with Crippen molar-refractivity contribution < 1.29 is 18.3 Å². The average Bonchev–Trinajstić information content (AvgIpc) is 2.94. The number of hydrogen-bond donors (Lipinski definition) is 1. The van der Waals surface area contributed by atoms with Gasteiger partial charge >= 0.3 is 5.97 Å². The maximum absolute atomic E-state index is 12.5.